The summed E-state index contributed by atoms with van der Waals surface area (Å²) in [5, 5.41) is 0. The zero-order chi connectivity index (χ0) is 22.1. The molecule has 5 rings (SSSR count). The number of hydrogen-bond donors (Lipinski definition) is 0. The van der Waals surface area contributed by atoms with Gasteiger partial charge in [0.15, 0.2) is 11.5 Å². The van der Waals surface area contributed by atoms with Crippen LogP contribution in [0.25, 0.3) is 11.1 Å². The number of likely N-dealkylation sites (tertiary alicyclic amines) is 1. The van der Waals surface area contributed by atoms with Crippen LogP contribution < -0.4 is 4.90 Å². The number of carbonyl (C=O) groups excluding carboxylic acids is 1. The van der Waals surface area contributed by atoms with Crippen LogP contribution in [0.5, 0.6) is 0 Å². The van der Waals surface area contributed by atoms with Crippen LogP contribution in [0, 0.1) is 0 Å². The first-order chi connectivity index (χ1) is 15.6. The number of hydrogen-bond acceptors (Lipinski definition) is 5. The van der Waals surface area contributed by atoms with Crippen molar-refractivity contribution in [3.63, 3.8) is 0 Å². The molecule has 2 saturated heterocycles. The molecule has 0 atom stereocenters. The number of benzene rings is 2. The van der Waals surface area contributed by atoms with Gasteiger partial charge in [0.1, 0.15) is 5.52 Å². The summed E-state index contributed by atoms with van der Waals surface area (Å²) in [6.45, 7) is 10.2. The predicted octanol–water partition coefficient (Wildman–Crippen LogP) is 4.38. The van der Waals surface area contributed by atoms with Crippen molar-refractivity contribution in [3.8, 4) is 0 Å². The van der Waals surface area contributed by atoms with E-state index in [0.29, 0.717) is 6.04 Å². The largest absolute Gasteiger partial charge is 0.440 e. The number of anilines is 1. The number of fused-ring (bicyclic) bond motifs is 1. The van der Waals surface area contributed by atoms with Gasteiger partial charge in [0.2, 0.25) is 0 Å². The molecule has 0 saturated carbocycles. The SMILES string of the molecule is CC(C)N1CCN(c2ccc(C(=O)N3CCC(c4nc5ccccc5o4)CC3)cc2)CC1. The van der Waals surface area contributed by atoms with E-state index in [9.17, 15) is 4.79 Å². The minimum absolute atomic E-state index is 0.122. The van der Waals surface area contributed by atoms with Crippen LogP contribution >= 0.6 is 0 Å². The molecule has 0 spiro atoms. The van der Waals surface area contributed by atoms with Crippen molar-refractivity contribution >= 4 is 22.7 Å². The van der Waals surface area contributed by atoms with Crippen molar-refractivity contribution in [2.45, 2.75) is 38.6 Å². The highest BCUT2D eigenvalue weighted by molar-refractivity contribution is 5.94. The Balaban J connectivity index is 1.17. The van der Waals surface area contributed by atoms with E-state index in [0.717, 1.165) is 74.7 Å². The lowest BCUT2D eigenvalue weighted by molar-refractivity contribution is 0.0706. The minimum atomic E-state index is 0.122. The van der Waals surface area contributed by atoms with E-state index < -0.39 is 0 Å². The first kappa shape index (κ1) is 21.0. The molecule has 0 N–H and O–H groups in total. The van der Waals surface area contributed by atoms with E-state index in [1.54, 1.807) is 0 Å². The van der Waals surface area contributed by atoms with Gasteiger partial charge in [-0.05, 0) is 63.1 Å². The number of oxazole rings is 1. The summed E-state index contributed by atoms with van der Waals surface area (Å²) in [5.74, 6) is 1.20. The summed E-state index contributed by atoms with van der Waals surface area (Å²) >= 11 is 0. The van der Waals surface area contributed by atoms with Gasteiger partial charge in [-0.1, -0.05) is 12.1 Å². The number of piperidine rings is 1. The van der Waals surface area contributed by atoms with Gasteiger partial charge in [-0.2, -0.15) is 0 Å². The molecule has 2 aliphatic heterocycles. The van der Waals surface area contributed by atoms with E-state index >= 15 is 0 Å². The van der Waals surface area contributed by atoms with Gasteiger partial charge in [0.05, 0.1) is 0 Å². The van der Waals surface area contributed by atoms with E-state index in [1.807, 2.05) is 41.3 Å². The Labute approximate surface area is 189 Å². The maximum absolute atomic E-state index is 13.1. The monoisotopic (exact) mass is 432 g/mol. The van der Waals surface area contributed by atoms with Gasteiger partial charge in [0, 0.05) is 62.5 Å². The van der Waals surface area contributed by atoms with Crippen LogP contribution in [-0.2, 0) is 0 Å². The van der Waals surface area contributed by atoms with Gasteiger partial charge in [-0.15, -0.1) is 0 Å². The summed E-state index contributed by atoms with van der Waals surface area (Å²) < 4.78 is 5.96. The fraction of sp³-hybridized carbons (Fsp3) is 0.462. The van der Waals surface area contributed by atoms with Gasteiger partial charge in [0.25, 0.3) is 5.91 Å². The zero-order valence-electron chi connectivity index (χ0n) is 19.0. The fourth-order valence-corrected chi connectivity index (χ4v) is 4.89. The molecule has 0 radical (unpaired) electrons. The van der Waals surface area contributed by atoms with Crippen LogP contribution in [0.15, 0.2) is 52.9 Å². The lowest BCUT2D eigenvalue weighted by Crippen LogP contribution is -2.48. The Morgan fingerprint density at radius 2 is 1.62 bits per heavy atom. The lowest BCUT2D eigenvalue weighted by atomic mass is 9.96. The maximum atomic E-state index is 13.1. The van der Waals surface area contributed by atoms with Gasteiger partial charge in [-0.25, -0.2) is 4.98 Å². The molecule has 2 fully saturated rings. The summed E-state index contributed by atoms with van der Waals surface area (Å²) in [7, 11) is 0. The summed E-state index contributed by atoms with van der Waals surface area (Å²) in [6, 6.07) is 16.7. The van der Waals surface area contributed by atoms with Gasteiger partial charge < -0.3 is 14.2 Å². The molecule has 1 amide bonds. The van der Waals surface area contributed by atoms with Gasteiger partial charge >= 0.3 is 0 Å². The number of aromatic nitrogens is 1. The molecule has 0 aliphatic carbocycles. The molecule has 2 aliphatic rings. The molecule has 6 nitrogen and oxygen atoms in total. The molecule has 3 aromatic rings. The number of para-hydroxylation sites is 2. The molecular formula is C26H32N4O2. The number of piperazine rings is 1. The van der Waals surface area contributed by atoms with E-state index in [2.05, 4.69) is 40.8 Å². The highest BCUT2D eigenvalue weighted by Crippen LogP contribution is 2.30. The second kappa shape index (κ2) is 8.94. The summed E-state index contributed by atoms with van der Waals surface area (Å²) in [5.41, 5.74) is 3.73. The number of amides is 1. The van der Waals surface area contributed by atoms with E-state index in [-0.39, 0.29) is 11.8 Å². The Morgan fingerprint density at radius 1 is 0.938 bits per heavy atom. The van der Waals surface area contributed by atoms with Crippen LogP contribution in [0.3, 0.4) is 0 Å². The number of rotatable bonds is 4. The molecule has 2 aromatic carbocycles. The third kappa shape index (κ3) is 4.24. The van der Waals surface area contributed by atoms with Gasteiger partial charge in [-0.3, -0.25) is 9.69 Å². The maximum Gasteiger partial charge on any atom is 0.253 e. The molecule has 0 bridgehead atoms. The third-order valence-electron chi connectivity index (χ3n) is 6.97. The van der Waals surface area contributed by atoms with E-state index in [4.69, 9.17) is 4.42 Å². The summed E-state index contributed by atoms with van der Waals surface area (Å²) in [6.07, 6.45) is 1.77. The molecule has 6 heteroatoms. The molecule has 1 aromatic heterocycles. The average Bonchev–Trinajstić information content (AvgIpc) is 3.28. The molecule has 0 unspecified atom stereocenters. The standard InChI is InChI=1S/C26H32N4O2/c1-19(2)28-15-17-29(18-16-28)22-9-7-21(8-10-22)26(31)30-13-11-20(12-14-30)25-27-23-5-3-4-6-24(23)32-25/h3-10,19-20H,11-18H2,1-2H3. The second-order valence-electron chi connectivity index (χ2n) is 9.25. The highest BCUT2D eigenvalue weighted by Gasteiger charge is 2.28. The number of nitrogens with zero attached hydrogens (tertiary/aromatic N) is 4. The average molecular weight is 433 g/mol. The first-order valence-electron chi connectivity index (χ1n) is 11.8. The van der Waals surface area contributed by atoms with Crippen molar-refractivity contribution in [2.75, 3.05) is 44.2 Å². The lowest BCUT2D eigenvalue weighted by Gasteiger charge is -2.38. The topological polar surface area (TPSA) is 52.8 Å². The van der Waals surface area contributed by atoms with Crippen molar-refractivity contribution in [3.05, 3.63) is 60.0 Å². The normalized spacial score (nSPS) is 18.6. The molecule has 3 heterocycles. The summed E-state index contributed by atoms with van der Waals surface area (Å²) in [4.78, 5) is 24.6. The van der Waals surface area contributed by atoms with E-state index in [1.165, 1.54) is 5.69 Å². The van der Waals surface area contributed by atoms with Crippen molar-refractivity contribution in [2.24, 2.45) is 0 Å². The molecular weight excluding hydrogens is 400 g/mol. The first-order valence-corrected chi connectivity index (χ1v) is 11.8. The molecule has 168 valence electrons. The number of carbonyl (C=O) groups is 1. The van der Waals surface area contributed by atoms with Crippen LogP contribution in [0.2, 0.25) is 0 Å². The van der Waals surface area contributed by atoms with Crippen LogP contribution in [0.4, 0.5) is 5.69 Å². The highest BCUT2D eigenvalue weighted by atomic mass is 16.3. The smallest absolute Gasteiger partial charge is 0.253 e. The Bertz CT molecular complexity index is 1030. The van der Waals surface area contributed by atoms with Crippen molar-refractivity contribution in [1.82, 2.24) is 14.8 Å². The minimum Gasteiger partial charge on any atom is -0.440 e. The molecule has 32 heavy (non-hydrogen) atoms. The predicted molar refractivity (Wildman–Crippen MR) is 127 cm³/mol. The Hall–Kier alpha value is -2.86. The Morgan fingerprint density at radius 3 is 2.28 bits per heavy atom. The second-order valence-corrected chi connectivity index (χ2v) is 9.25. The van der Waals surface area contributed by atoms with Crippen molar-refractivity contribution in [1.29, 1.82) is 0 Å². The van der Waals surface area contributed by atoms with Crippen LogP contribution in [-0.4, -0.2) is 66.0 Å². The zero-order valence-corrected chi connectivity index (χ0v) is 19.0. The van der Waals surface area contributed by atoms with Crippen LogP contribution in [0.1, 0.15) is 48.9 Å². The van der Waals surface area contributed by atoms with Crippen molar-refractivity contribution < 1.29 is 9.21 Å². The Kier molecular flexibility index (Phi) is 5.87. The fourth-order valence-electron chi connectivity index (χ4n) is 4.89. The quantitative estimate of drug-likeness (QED) is 0.613. The third-order valence-corrected chi connectivity index (χ3v) is 6.97.